The van der Waals surface area contributed by atoms with Crippen molar-refractivity contribution in [1.29, 1.82) is 0 Å². The van der Waals surface area contributed by atoms with Crippen LogP contribution in [0.25, 0.3) is 10.2 Å². The molecule has 1 aliphatic carbocycles. The molecule has 5 heteroatoms. The molecular formula is C13H15N3OS. The van der Waals surface area contributed by atoms with Gasteiger partial charge in [0.2, 0.25) is 0 Å². The predicted octanol–water partition coefficient (Wildman–Crippen LogP) is 1.77. The second-order valence-corrected chi connectivity index (χ2v) is 5.62. The number of thiophene rings is 1. The molecule has 4 nitrogen and oxygen atoms in total. The summed E-state index contributed by atoms with van der Waals surface area (Å²) in [6, 6.07) is 2.49. The van der Waals surface area contributed by atoms with Crippen LogP contribution in [-0.4, -0.2) is 22.1 Å². The summed E-state index contributed by atoms with van der Waals surface area (Å²) in [5.41, 5.74) is 1.04. The second kappa shape index (κ2) is 4.66. The SMILES string of the molecule is C=C(CNC1CC1)Cn1cnc2sccc2c1=O. The van der Waals surface area contributed by atoms with Crippen molar-refractivity contribution in [2.75, 3.05) is 6.54 Å². The molecule has 0 aliphatic heterocycles. The monoisotopic (exact) mass is 261 g/mol. The van der Waals surface area contributed by atoms with Crippen molar-refractivity contribution >= 4 is 21.6 Å². The summed E-state index contributed by atoms with van der Waals surface area (Å²) in [4.78, 5) is 17.2. The van der Waals surface area contributed by atoms with Gasteiger partial charge in [-0.25, -0.2) is 4.98 Å². The van der Waals surface area contributed by atoms with Crippen LogP contribution in [0.3, 0.4) is 0 Å². The molecule has 3 rings (SSSR count). The van der Waals surface area contributed by atoms with Gasteiger partial charge in [-0.05, 0) is 29.9 Å². The number of nitrogens with one attached hydrogen (secondary N) is 1. The van der Waals surface area contributed by atoms with Gasteiger partial charge in [0.15, 0.2) is 0 Å². The van der Waals surface area contributed by atoms with Crippen molar-refractivity contribution in [3.8, 4) is 0 Å². The average Bonchev–Trinajstić information content (AvgIpc) is 3.06. The molecule has 94 valence electrons. The Morgan fingerprint density at radius 3 is 3.22 bits per heavy atom. The van der Waals surface area contributed by atoms with Gasteiger partial charge in [0.05, 0.1) is 11.7 Å². The third-order valence-corrected chi connectivity index (χ3v) is 3.88. The first-order valence-electron chi connectivity index (χ1n) is 6.07. The van der Waals surface area contributed by atoms with E-state index in [9.17, 15) is 4.79 Å². The number of hydrogen-bond donors (Lipinski definition) is 1. The Balaban J connectivity index is 1.74. The van der Waals surface area contributed by atoms with Gasteiger partial charge in [0, 0.05) is 19.1 Å². The van der Waals surface area contributed by atoms with Crippen molar-refractivity contribution in [2.45, 2.75) is 25.4 Å². The van der Waals surface area contributed by atoms with E-state index in [1.165, 1.54) is 24.2 Å². The maximum Gasteiger partial charge on any atom is 0.262 e. The molecule has 0 saturated heterocycles. The minimum absolute atomic E-state index is 0.0221. The van der Waals surface area contributed by atoms with Crippen molar-refractivity contribution in [2.24, 2.45) is 0 Å². The summed E-state index contributed by atoms with van der Waals surface area (Å²) < 4.78 is 1.63. The fraction of sp³-hybridized carbons (Fsp3) is 0.385. The van der Waals surface area contributed by atoms with Gasteiger partial charge in [-0.15, -0.1) is 11.3 Å². The minimum Gasteiger partial charge on any atom is -0.310 e. The summed E-state index contributed by atoms with van der Waals surface area (Å²) in [5, 5.41) is 5.99. The zero-order valence-corrected chi connectivity index (χ0v) is 10.9. The van der Waals surface area contributed by atoms with Crippen LogP contribution in [0, 0.1) is 0 Å². The van der Waals surface area contributed by atoms with E-state index in [1.807, 2.05) is 11.4 Å². The fourth-order valence-corrected chi connectivity index (χ4v) is 2.60. The quantitative estimate of drug-likeness (QED) is 0.834. The lowest BCUT2D eigenvalue weighted by Crippen LogP contribution is -2.25. The molecule has 18 heavy (non-hydrogen) atoms. The van der Waals surface area contributed by atoms with E-state index < -0.39 is 0 Å². The van der Waals surface area contributed by atoms with Crippen LogP contribution in [0.4, 0.5) is 0 Å². The van der Waals surface area contributed by atoms with E-state index in [-0.39, 0.29) is 5.56 Å². The van der Waals surface area contributed by atoms with Gasteiger partial charge in [0.25, 0.3) is 5.56 Å². The summed E-state index contributed by atoms with van der Waals surface area (Å²) >= 11 is 1.49. The maximum absolute atomic E-state index is 12.1. The van der Waals surface area contributed by atoms with E-state index in [0.29, 0.717) is 18.0 Å². The van der Waals surface area contributed by atoms with Crippen LogP contribution in [0.1, 0.15) is 12.8 Å². The molecule has 1 saturated carbocycles. The molecule has 0 unspecified atom stereocenters. The molecule has 0 spiro atoms. The molecule has 1 fully saturated rings. The molecular weight excluding hydrogens is 246 g/mol. The minimum atomic E-state index is 0.0221. The van der Waals surface area contributed by atoms with Gasteiger partial charge < -0.3 is 5.32 Å². The van der Waals surface area contributed by atoms with E-state index in [0.717, 1.165) is 16.9 Å². The first-order valence-corrected chi connectivity index (χ1v) is 6.94. The first-order chi connectivity index (χ1) is 8.74. The summed E-state index contributed by atoms with van der Waals surface area (Å²) in [7, 11) is 0. The number of rotatable bonds is 5. The molecule has 0 radical (unpaired) electrons. The molecule has 2 aromatic rings. The van der Waals surface area contributed by atoms with Gasteiger partial charge in [-0.3, -0.25) is 9.36 Å². The summed E-state index contributed by atoms with van der Waals surface area (Å²) in [6.45, 7) is 5.33. The normalized spacial score (nSPS) is 15.1. The van der Waals surface area contributed by atoms with E-state index >= 15 is 0 Å². The van der Waals surface area contributed by atoms with Crippen LogP contribution in [-0.2, 0) is 6.54 Å². The average molecular weight is 261 g/mol. The Morgan fingerprint density at radius 2 is 2.44 bits per heavy atom. The lowest BCUT2D eigenvalue weighted by molar-refractivity contribution is 0.667. The third kappa shape index (κ3) is 2.37. The Labute approximate surface area is 109 Å². The van der Waals surface area contributed by atoms with Crippen LogP contribution >= 0.6 is 11.3 Å². The number of aromatic nitrogens is 2. The highest BCUT2D eigenvalue weighted by Gasteiger charge is 2.20. The van der Waals surface area contributed by atoms with E-state index in [4.69, 9.17) is 0 Å². The standard InChI is InChI=1S/C13H15N3OS/c1-9(6-14-10-2-3-10)7-16-8-15-12-11(13(16)17)4-5-18-12/h4-5,8,10,14H,1-3,6-7H2. The lowest BCUT2D eigenvalue weighted by atomic mass is 10.3. The molecule has 1 N–H and O–H groups in total. The molecule has 0 bridgehead atoms. The second-order valence-electron chi connectivity index (χ2n) is 4.72. The van der Waals surface area contributed by atoms with Gasteiger partial charge >= 0.3 is 0 Å². The van der Waals surface area contributed by atoms with Crippen LogP contribution < -0.4 is 10.9 Å². The van der Waals surface area contributed by atoms with E-state index in [1.54, 1.807) is 10.9 Å². The zero-order chi connectivity index (χ0) is 12.5. The number of nitrogens with zero attached hydrogens (tertiary/aromatic N) is 2. The lowest BCUT2D eigenvalue weighted by Gasteiger charge is -2.09. The molecule has 0 aromatic carbocycles. The van der Waals surface area contributed by atoms with Crippen LogP contribution in [0.15, 0.2) is 34.7 Å². The molecule has 0 amide bonds. The zero-order valence-electron chi connectivity index (χ0n) is 10.1. The Hall–Kier alpha value is -1.46. The summed E-state index contributed by atoms with van der Waals surface area (Å²) in [5.74, 6) is 0. The third-order valence-electron chi connectivity index (χ3n) is 3.06. The number of hydrogen-bond acceptors (Lipinski definition) is 4. The Kier molecular flexibility index (Phi) is 3.01. The largest absolute Gasteiger partial charge is 0.310 e. The highest BCUT2D eigenvalue weighted by atomic mass is 32.1. The fourth-order valence-electron chi connectivity index (χ4n) is 1.88. The van der Waals surface area contributed by atoms with Crippen molar-refractivity contribution < 1.29 is 0 Å². The molecule has 1 aliphatic rings. The first kappa shape index (κ1) is 11.6. The number of fused-ring (bicyclic) bond motifs is 1. The van der Waals surface area contributed by atoms with Crippen molar-refractivity contribution in [1.82, 2.24) is 14.9 Å². The molecule has 2 heterocycles. The van der Waals surface area contributed by atoms with Gasteiger partial charge in [-0.1, -0.05) is 6.58 Å². The van der Waals surface area contributed by atoms with Crippen molar-refractivity contribution in [3.63, 3.8) is 0 Å². The van der Waals surface area contributed by atoms with Crippen molar-refractivity contribution in [3.05, 3.63) is 40.3 Å². The highest BCUT2D eigenvalue weighted by molar-refractivity contribution is 7.16. The van der Waals surface area contributed by atoms with Gasteiger partial charge in [-0.2, -0.15) is 0 Å². The molecule has 2 aromatic heterocycles. The maximum atomic E-state index is 12.1. The Bertz CT molecular complexity index is 639. The predicted molar refractivity (Wildman–Crippen MR) is 74.0 cm³/mol. The molecule has 0 atom stereocenters. The van der Waals surface area contributed by atoms with Gasteiger partial charge in [0.1, 0.15) is 4.83 Å². The summed E-state index contributed by atoms with van der Waals surface area (Å²) in [6.07, 6.45) is 4.13. The van der Waals surface area contributed by atoms with Crippen LogP contribution in [0.5, 0.6) is 0 Å². The van der Waals surface area contributed by atoms with E-state index in [2.05, 4.69) is 16.9 Å². The topological polar surface area (TPSA) is 46.9 Å². The Morgan fingerprint density at radius 1 is 1.61 bits per heavy atom. The smallest absolute Gasteiger partial charge is 0.262 e. The highest BCUT2D eigenvalue weighted by Crippen LogP contribution is 2.18. The van der Waals surface area contributed by atoms with Crippen LogP contribution in [0.2, 0.25) is 0 Å².